The van der Waals surface area contributed by atoms with E-state index in [-0.39, 0.29) is 18.0 Å². The largest absolute Gasteiger partial charge is 0.392 e. The molecule has 104 valence electrons. The van der Waals surface area contributed by atoms with Crippen LogP contribution in [0.1, 0.15) is 46.0 Å². The number of hydrogen-bond donors (Lipinski definition) is 2. The summed E-state index contributed by atoms with van der Waals surface area (Å²) in [7, 11) is 1.88. The highest BCUT2D eigenvalue weighted by Gasteiger charge is 2.25. The number of hydrogen-bond acceptors (Lipinski definition) is 3. The number of thiocarbonyl (C=S) groups is 1. The van der Waals surface area contributed by atoms with Crippen molar-refractivity contribution < 1.29 is 4.79 Å². The van der Waals surface area contributed by atoms with E-state index in [1.165, 1.54) is 19.3 Å². The van der Waals surface area contributed by atoms with Crippen LogP contribution in [0, 0.1) is 0 Å². The Balaban J connectivity index is 2.46. The van der Waals surface area contributed by atoms with Crippen molar-refractivity contribution in [2.75, 3.05) is 7.05 Å². The normalized spacial score (nSPS) is 20.4. The molecule has 2 atom stereocenters. The molecule has 0 heterocycles. The maximum atomic E-state index is 12.1. The van der Waals surface area contributed by atoms with Gasteiger partial charge < -0.3 is 11.1 Å². The summed E-state index contributed by atoms with van der Waals surface area (Å²) in [6, 6.07) is 0.0813. The highest BCUT2D eigenvalue weighted by Crippen LogP contribution is 2.17. The van der Waals surface area contributed by atoms with Gasteiger partial charge in [-0.3, -0.25) is 9.69 Å². The van der Waals surface area contributed by atoms with Crippen LogP contribution in [0.15, 0.2) is 0 Å². The van der Waals surface area contributed by atoms with Crippen LogP contribution in [0.2, 0.25) is 0 Å². The van der Waals surface area contributed by atoms with Gasteiger partial charge in [0.2, 0.25) is 5.91 Å². The summed E-state index contributed by atoms with van der Waals surface area (Å²) in [4.78, 5) is 14.5. The Bertz CT molecular complexity index is 303. The number of carbonyl (C=O) groups excluding carboxylic acids is 1. The molecule has 2 unspecified atom stereocenters. The van der Waals surface area contributed by atoms with E-state index in [1.807, 2.05) is 25.8 Å². The molecule has 18 heavy (non-hydrogen) atoms. The lowest BCUT2D eigenvalue weighted by molar-refractivity contribution is -0.126. The molecule has 3 N–H and O–H groups in total. The van der Waals surface area contributed by atoms with Gasteiger partial charge in [-0.1, -0.05) is 31.5 Å². The Morgan fingerprint density at radius 1 is 1.28 bits per heavy atom. The lowest BCUT2D eigenvalue weighted by atomic mass is 9.95. The van der Waals surface area contributed by atoms with Crippen LogP contribution in [-0.4, -0.2) is 41.0 Å². The number of amides is 1. The predicted octanol–water partition coefficient (Wildman–Crippen LogP) is 1.43. The first-order valence-corrected chi connectivity index (χ1v) is 7.16. The van der Waals surface area contributed by atoms with Crippen molar-refractivity contribution in [1.82, 2.24) is 10.2 Å². The smallest absolute Gasteiger partial charge is 0.237 e. The standard InChI is InChI=1S/C13H25N3OS/c1-9(12(14)18)16(3)10(2)13(17)15-11-7-5-4-6-8-11/h9-11H,4-8H2,1-3H3,(H2,14,18)(H,15,17). The van der Waals surface area contributed by atoms with Gasteiger partial charge in [0.25, 0.3) is 0 Å². The highest BCUT2D eigenvalue weighted by molar-refractivity contribution is 7.80. The Morgan fingerprint density at radius 3 is 2.33 bits per heavy atom. The maximum absolute atomic E-state index is 12.1. The SMILES string of the molecule is CC(C(=O)NC1CCCCC1)N(C)C(C)C(N)=S. The molecule has 0 spiro atoms. The average molecular weight is 271 g/mol. The zero-order valence-electron chi connectivity index (χ0n) is 11.6. The van der Waals surface area contributed by atoms with Crippen LogP contribution in [0.4, 0.5) is 0 Å². The minimum Gasteiger partial charge on any atom is -0.392 e. The van der Waals surface area contributed by atoms with Gasteiger partial charge in [-0.15, -0.1) is 0 Å². The first-order chi connectivity index (χ1) is 8.43. The Labute approximate surface area is 115 Å². The van der Waals surface area contributed by atoms with Crippen LogP contribution < -0.4 is 11.1 Å². The topological polar surface area (TPSA) is 58.4 Å². The van der Waals surface area contributed by atoms with E-state index in [0.717, 1.165) is 12.8 Å². The van der Waals surface area contributed by atoms with Gasteiger partial charge in [-0.05, 0) is 33.7 Å². The van der Waals surface area contributed by atoms with Crippen molar-refractivity contribution >= 4 is 23.1 Å². The van der Waals surface area contributed by atoms with E-state index in [9.17, 15) is 4.79 Å². The van der Waals surface area contributed by atoms with Gasteiger partial charge in [-0.25, -0.2) is 0 Å². The summed E-state index contributed by atoms with van der Waals surface area (Å²) in [6.07, 6.45) is 5.94. The fourth-order valence-electron chi connectivity index (χ4n) is 2.29. The summed E-state index contributed by atoms with van der Waals surface area (Å²) in [5, 5.41) is 3.13. The predicted molar refractivity (Wildman–Crippen MR) is 78.5 cm³/mol. The Morgan fingerprint density at radius 2 is 1.83 bits per heavy atom. The minimum atomic E-state index is -0.205. The van der Waals surface area contributed by atoms with Gasteiger partial charge in [-0.2, -0.15) is 0 Å². The molecule has 1 saturated carbocycles. The second-order valence-electron chi connectivity index (χ2n) is 5.26. The molecule has 0 radical (unpaired) electrons. The molecule has 1 rings (SSSR count). The maximum Gasteiger partial charge on any atom is 0.237 e. The molecule has 5 heteroatoms. The second kappa shape index (κ2) is 7.04. The van der Waals surface area contributed by atoms with Gasteiger partial charge in [0.05, 0.1) is 17.1 Å². The number of nitrogens with zero attached hydrogens (tertiary/aromatic N) is 1. The Hall–Kier alpha value is -0.680. The van der Waals surface area contributed by atoms with E-state index in [4.69, 9.17) is 18.0 Å². The van der Waals surface area contributed by atoms with Crippen molar-refractivity contribution in [1.29, 1.82) is 0 Å². The molecule has 1 fully saturated rings. The van der Waals surface area contributed by atoms with Gasteiger partial charge in [0.1, 0.15) is 0 Å². The first kappa shape index (κ1) is 15.4. The van der Waals surface area contributed by atoms with Crippen molar-refractivity contribution in [3.63, 3.8) is 0 Å². The summed E-state index contributed by atoms with van der Waals surface area (Å²) in [5.41, 5.74) is 5.62. The summed E-state index contributed by atoms with van der Waals surface area (Å²) in [6.45, 7) is 3.82. The molecule has 0 aromatic carbocycles. The number of carbonyl (C=O) groups is 1. The minimum absolute atomic E-state index is 0.0629. The molecular weight excluding hydrogens is 246 g/mol. The molecule has 0 aliphatic heterocycles. The molecule has 1 amide bonds. The van der Waals surface area contributed by atoms with E-state index >= 15 is 0 Å². The van der Waals surface area contributed by atoms with E-state index in [0.29, 0.717) is 11.0 Å². The summed E-state index contributed by atoms with van der Waals surface area (Å²) >= 11 is 4.97. The number of nitrogens with one attached hydrogen (secondary N) is 1. The van der Waals surface area contributed by atoms with Crippen LogP contribution in [0.3, 0.4) is 0 Å². The zero-order chi connectivity index (χ0) is 13.7. The van der Waals surface area contributed by atoms with Crippen molar-refractivity contribution in [2.45, 2.75) is 64.1 Å². The molecule has 0 bridgehead atoms. The second-order valence-corrected chi connectivity index (χ2v) is 5.73. The third kappa shape index (κ3) is 4.21. The zero-order valence-corrected chi connectivity index (χ0v) is 12.4. The fourth-order valence-corrected chi connectivity index (χ4v) is 2.46. The molecular formula is C13H25N3OS. The fraction of sp³-hybridized carbons (Fsp3) is 0.846. The van der Waals surface area contributed by atoms with Gasteiger partial charge >= 0.3 is 0 Å². The molecule has 0 aromatic heterocycles. The van der Waals surface area contributed by atoms with Crippen LogP contribution >= 0.6 is 12.2 Å². The van der Waals surface area contributed by atoms with E-state index < -0.39 is 0 Å². The van der Waals surface area contributed by atoms with Crippen LogP contribution in [-0.2, 0) is 4.79 Å². The van der Waals surface area contributed by atoms with Gasteiger partial charge in [0, 0.05) is 6.04 Å². The highest BCUT2D eigenvalue weighted by atomic mass is 32.1. The monoisotopic (exact) mass is 271 g/mol. The number of rotatable bonds is 5. The molecule has 1 aliphatic carbocycles. The number of nitrogens with two attached hydrogens (primary N) is 1. The van der Waals surface area contributed by atoms with Crippen LogP contribution in [0.5, 0.6) is 0 Å². The molecule has 4 nitrogen and oxygen atoms in total. The van der Waals surface area contributed by atoms with Crippen molar-refractivity contribution in [3.8, 4) is 0 Å². The van der Waals surface area contributed by atoms with E-state index in [1.54, 1.807) is 0 Å². The molecule has 0 saturated heterocycles. The van der Waals surface area contributed by atoms with Crippen molar-refractivity contribution in [3.05, 3.63) is 0 Å². The molecule has 1 aliphatic rings. The van der Waals surface area contributed by atoms with Gasteiger partial charge in [0.15, 0.2) is 0 Å². The van der Waals surface area contributed by atoms with Crippen LogP contribution in [0.25, 0.3) is 0 Å². The summed E-state index contributed by atoms with van der Waals surface area (Å²) < 4.78 is 0. The molecule has 0 aromatic rings. The Kier molecular flexibility index (Phi) is 6.02. The van der Waals surface area contributed by atoms with Crippen molar-refractivity contribution in [2.24, 2.45) is 5.73 Å². The summed E-state index contributed by atoms with van der Waals surface area (Å²) in [5.74, 6) is 0.0764. The van der Waals surface area contributed by atoms with E-state index in [2.05, 4.69) is 5.32 Å². The average Bonchev–Trinajstić information content (AvgIpc) is 2.37. The third-order valence-electron chi connectivity index (χ3n) is 3.96. The number of likely N-dealkylation sites (N-methyl/N-ethyl adjacent to an activating group) is 1. The third-order valence-corrected chi connectivity index (χ3v) is 4.31. The first-order valence-electron chi connectivity index (χ1n) is 6.75. The lowest BCUT2D eigenvalue weighted by Crippen LogP contribution is -2.52. The quantitative estimate of drug-likeness (QED) is 0.743. The lowest BCUT2D eigenvalue weighted by Gasteiger charge is -2.31.